The summed E-state index contributed by atoms with van der Waals surface area (Å²) >= 11 is 0. The fourth-order valence-electron chi connectivity index (χ4n) is 1.77. The van der Waals surface area contributed by atoms with Crippen molar-refractivity contribution in [3.8, 4) is 0 Å². The molecule has 1 N–H and O–H groups in total. The van der Waals surface area contributed by atoms with Crippen molar-refractivity contribution in [2.24, 2.45) is 0 Å². The maximum absolute atomic E-state index is 11.4. The number of carbonyl (C=O) groups is 1. The van der Waals surface area contributed by atoms with Crippen LogP contribution in [-0.4, -0.2) is 43.2 Å². The Hall–Kier alpha value is -1.65. The molecular formula is C15H23NO3. The van der Waals surface area contributed by atoms with Crippen molar-refractivity contribution in [1.82, 2.24) is 0 Å². The first-order chi connectivity index (χ1) is 8.53. The average molecular weight is 265 g/mol. The summed E-state index contributed by atoms with van der Waals surface area (Å²) in [6, 6.07) is 10.3. The molecule has 0 saturated carbocycles. The maximum Gasteiger partial charge on any atom is 0.311 e. The molecule has 0 atom stereocenters. The van der Waals surface area contributed by atoms with Gasteiger partial charge in [0, 0.05) is 5.56 Å². The Balaban J connectivity index is 0.00000324. The first-order valence-corrected chi connectivity index (χ1v) is 6.16. The number of nitrogens with zero attached hydrogens (tertiary/aromatic N) is 1. The third-order valence-electron chi connectivity index (χ3n) is 2.74. The van der Waals surface area contributed by atoms with Gasteiger partial charge >= 0.3 is 5.97 Å². The van der Waals surface area contributed by atoms with Gasteiger partial charge in [0.25, 0.3) is 0 Å². The Labute approximate surface area is 115 Å². The van der Waals surface area contributed by atoms with Crippen molar-refractivity contribution in [1.29, 1.82) is 0 Å². The molecule has 0 amide bonds. The Morgan fingerprint density at radius 1 is 1.32 bits per heavy atom. The zero-order chi connectivity index (χ0) is 13.4. The fourth-order valence-corrected chi connectivity index (χ4v) is 1.77. The lowest BCUT2D eigenvalue weighted by atomic mass is 10.2. The van der Waals surface area contributed by atoms with Gasteiger partial charge in [0.2, 0.25) is 0 Å². The van der Waals surface area contributed by atoms with Crippen LogP contribution in [0.15, 0.2) is 43.0 Å². The Kier molecular flexibility index (Phi) is 7.72. The minimum absolute atomic E-state index is 0. The highest BCUT2D eigenvalue weighted by atomic mass is 16.5. The highest BCUT2D eigenvalue weighted by molar-refractivity contribution is 5.69. The second kappa shape index (κ2) is 8.45. The van der Waals surface area contributed by atoms with Crippen molar-refractivity contribution < 1.29 is 19.5 Å². The summed E-state index contributed by atoms with van der Waals surface area (Å²) in [6.07, 6.45) is 2.02. The lowest BCUT2D eigenvalue weighted by molar-refractivity contribution is -0.903. The molecule has 1 rings (SSSR count). The van der Waals surface area contributed by atoms with Gasteiger partial charge in [-0.05, 0) is 0 Å². The molecule has 0 aromatic heterocycles. The van der Waals surface area contributed by atoms with E-state index in [4.69, 9.17) is 4.74 Å². The maximum atomic E-state index is 11.4. The molecule has 19 heavy (non-hydrogen) atoms. The van der Waals surface area contributed by atoms with Gasteiger partial charge < -0.3 is 14.7 Å². The second-order valence-electron chi connectivity index (χ2n) is 5.02. The average Bonchev–Trinajstić information content (AvgIpc) is 2.35. The number of benzene rings is 1. The predicted octanol–water partition coefficient (Wildman–Crippen LogP) is 2.21. The van der Waals surface area contributed by atoms with E-state index in [9.17, 15) is 4.79 Å². The van der Waals surface area contributed by atoms with Crippen molar-refractivity contribution in [2.75, 3.05) is 27.2 Å². The highest BCUT2D eigenvalue weighted by Crippen LogP contribution is 2.10. The highest BCUT2D eigenvalue weighted by Gasteiger charge is 2.18. The van der Waals surface area contributed by atoms with Gasteiger partial charge in [0.1, 0.15) is 13.2 Å². The van der Waals surface area contributed by atoms with E-state index in [0.717, 1.165) is 17.6 Å². The number of quaternary nitrogens is 1. The molecule has 0 fully saturated rings. The first kappa shape index (κ1) is 17.4. The molecule has 0 aliphatic carbocycles. The van der Waals surface area contributed by atoms with Crippen LogP contribution >= 0.6 is 0 Å². The van der Waals surface area contributed by atoms with Gasteiger partial charge in [-0.15, -0.1) is 0 Å². The molecule has 4 heteroatoms. The lowest BCUT2D eigenvalue weighted by Gasteiger charge is -2.29. The Morgan fingerprint density at radius 2 is 1.95 bits per heavy atom. The van der Waals surface area contributed by atoms with Gasteiger partial charge in [-0.1, -0.05) is 43.0 Å². The molecule has 0 heterocycles. The Bertz CT molecular complexity index is 388. The molecule has 0 aliphatic heterocycles. The van der Waals surface area contributed by atoms with Gasteiger partial charge in [-0.2, -0.15) is 0 Å². The third kappa shape index (κ3) is 7.39. The van der Waals surface area contributed by atoms with E-state index in [2.05, 4.69) is 32.8 Å². The number of hydrogen-bond acceptors (Lipinski definition) is 3. The minimum Gasteiger partial charge on any atom is -0.870 e. The van der Waals surface area contributed by atoms with E-state index in [-0.39, 0.29) is 11.4 Å². The quantitative estimate of drug-likeness (QED) is 0.431. The number of carbonyl (C=O) groups excluding carboxylic acids is 1. The minimum atomic E-state index is -0.158. The van der Waals surface area contributed by atoms with E-state index >= 15 is 0 Å². The molecule has 0 bridgehead atoms. The van der Waals surface area contributed by atoms with Crippen LogP contribution in [-0.2, 0) is 16.1 Å². The number of ether oxygens (including phenoxy) is 1. The normalized spacial score (nSPS) is 10.4. The summed E-state index contributed by atoms with van der Waals surface area (Å²) in [7, 11) is 4.24. The molecular weight excluding hydrogens is 242 g/mol. The van der Waals surface area contributed by atoms with Gasteiger partial charge in [0.15, 0.2) is 0 Å². The largest absolute Gasteiger partial charge is 0.870 e. The van der Waals surface area contributed by atoms with Gasteiger partial charge in [0.05, 0.1) is 27.1 Å². The summed E-state index contributed by atoms with van der Waals surface area (Å²) in [5.41, 5.74) is 1.28. The van der Waals surface area contributed by atoms with Crippen molar-refractivity contribution >= 4 is 5.97 Å². The molecule has 0 spiro atoms. The van der Waals surface area contributed by atoms with Crippen LogP contribution in [0.4, 0.5) is 0 Å². The fraction of sp³-hybridized carbons (Fsp3) is 0.400. The second-order valence-corrected chi connectivity index (χ2v) is 5.02. The third-order valence-corrected chi connectivity index (χ3v) is 2.74. The molecule has 1 aromatic carbocycles. The topological polar surface area (TPSA) is 56.3 Å². The van der Waals surface area contributed by atoms with E-state index in [1.807, 2.05) is 18.2 Å². The molecule has 0 aliphatic rings. The summed E-state index contributed by atoms with van der Waals surface area (Å²) in [4.78, 5) is 11.4. The zero-order valence-corrected chi connectivity index (χ0v) is 11.7. The van der Waals surface area contributed by atoms with Crippen LogP contribution < -0.4 is 0 Å². The monoisotopic (exact) mass is 265 g/mol. The van der Waals surface area contributed by atoms with Crippen LogP contribution in [0, 0.1) is 0 Å². The van der Waals surface area contributed by atoms with Crippen LogP contribution in [0.1, 0.15) is 12.0 Å². The van der Waals surface area contributed by atoms with Gasteiger partial charge in [-0.3, -0.25) is 4.79 Å². The summed E-state index contributed by atoms with van der Waals surface area (Å²) in [5.74, 6) is -0.158. The Morgan fingerprint density at radius 3 is 2.53 bits per heavy atom. The number of rotatable bonds is 7. The van der Waals surface area contributed by atoms with E-state index in [1.54, 1.807) is 6.08 Å². The smallest absolute Gasteiger partial charge is 0.311 e. The van der Waals surface area contributed by atoms with Crippen molar-refractivity contribution in [3.05, 3.63) is 48.6 Å². The molecule has 0 radical (unpaired) electrons. The van der Waals surface area contributed by atoms with Crippen LogP contribution in [0.5, 0.6) is 0 Å². The summed E-state index contributed by atoms with van der Waals surface area (Å²) < 4.78 is 5.74. The van der Waals surface area contributed by atoms with Crippen LogP contribution in [0.3, 0.4) is 0 Å². The van der Waals surface area contributed by atoms with E-state index < -0.39 is 0 Å². The van der Waals surface area contributed by atoms with E-state index in [1.165, 1.54) is 5.56 Å². The number of hydrogen-bond donors (Lipinski definition) is 0. The molecule has 0 saturated heterocycles. The van der Waals surface area contributed by atoms with Crippen molar-refractivity contribution in [2.45, 2.75) is 13.0 Å². The first-order valence-electron chi connectivity index (χ1n) is 6.16. The SMILES string of the molecule is C=CCOC(=O)CC[N+](C)(C)Cc1ccccc1.[OH-]. The van der Waals surface area contributed by atoms with Crippen LogP contribution in [0.25, 0.3) is 0 Å². The van der Waals surface area contributed by atoms with Crippen LogP contribution in [0.2, 0.25) is 0 Å². The molecule has 1 aromatic rings. The summed E-state index contributed by atoms with van der Waals surface area (Å²) in [5, 5.41) is 0. The summed E-state index contributed by atoms with van der Waals surface area (Å²) in [6.45, 7) is 5.49. The zero-order valence-electron chi connectivity index (χ0n) is 11.7. The standard InChI is InChI=1S/C15H22NO2.H2O/c1-4-12-18-15(17)10-11-16(2,3)13-14-8-6-5-7-9-14;/h4-9H,1,10-13H2,2-3H3;1H2/q+1;/p-1. The molecule has 0 unspecified atom stereocenters. The molecule has 4 nitrogen and oxygen atoms in total. The molecule has 106 valence electrons. The predicted molar refractivity (Wildman–Crippen MR) is 74.8 cm³/mol. The lowest BCUT2D eigenvalue weighted by Crippen LogP contribution is -2.40. The van der Waals surface area contributed by atoms with Gasteiger partial charge in [-0.25, -0.2) is 0 Å². The van der Waals surface area contributed by atoms with Crippen molar-refractivity contribution in [3.63, 3.8) is 0 Å². The number of esters is 1. The van der Waals surface area contributed by atoms with E-state index in [0.29, 0.717) is 13.0 Å².